The van der Waals surface area contributed by atoms with Crippen molar-refractivity contribution in [3.63, 3.8) is 0 Å². The van der Waals surface area contributed by atoms with E-state index in [1.807, 2.05) is 18.2 Å². The van der Waals surface area contributed by atoms with E-state index in [1.165, 1.54) is 5.56 Å². The number of morpholine rings is 1. The Hall–Kier alpha value is -1.06. The molecule has 0 bridgehead atoms. The lowest BCUT2D eigenvalue weighted by Crippen LogP contribution is -2.48. The van der Waals surface area contributed by atoms with Crippen molar-refractivity contribution in [3.8, 4) is 5.75 Å². The van der Waals surface area contributed by atoms with Crippen LogP contribution in [0, 0.1) is 6.92 Å². The van der Waals surface area contributed by atoms with Gasteiger partial charge in [0, 0.05) is 6.54 Å². The number of aryl methyl sites for hydroxylation is 1. The Morgan fingerprint density at radius 3 is 3.06 bits per heavy atom. The fraction of sp³-hybridized carbons (Fsp3) is 0.538. The molecule has 0 aliphatic carbocycles. The molecule has 1 fully saturated rings. The van der Waals surface area contributed by atoms with Crippen LogP contribution < -0.4 is 10.1 Å². The van der Waals surface area contributed by atoms with Crippen LogP contribution in [0.5, 0.6) is 5.75 Å². The van der Waals surface area contributed by atoms with Gasteiger partial charge in [-0.25, -0.2) is 0 Å². The quantitative estimate of drug-likeness (QED) is 0.843. The Morgan fingerprint density at radius 2 is 2.38 bits per heavy atom. The van der Waals surface area contributed by atoms with Gasteiger partial charge in [0.05, 0.1) is 18.8 Å². The highest BCUT2D eigenvalue weighted by atomic mass is 16.5. The second-order valence-electron chi connectivity index (χ2n) is 4.38. The molecule has 0 saturated carbocycles. The lowest BCUT2D eigenvalue weighted by atomic mass is 10.2. The summed E-state index contributed by atoms with van der Waals surface area (Å²) in [6.07, 6.45) is 0.315. The normalized spacial score (nSPS) is 25.4. The number of benzene rings is 1. The Bertz CT molecular complexity index is 332. The maximum absolute atomic E-state index is 5.72. The predicted octanol–water partition coefficient (Wildman–Crippen LogP) is 1.75. The largest absolute Gasteiger partial charge is 0.492 e. The van der Waals surface area contributed by atoms with Crippen molar-refractivity contribution < 1.29 is 9.47 Å². The molecule has 0 amide bonds. The monoisotopic (exact) mass is 221 g/mol. The van der Waals surface area contributed by atoms with Crippen molar-refractivity contribution in [1.29, 1.82) is 0 Å². The topological polar surface area (TPSA) is 30.5 Å². The van der Waals surface area contributed by atoms with E-state index in [0.717, 1.165) is 18.9 Å². The molecule has 88 valence electrons. The highest BCUT2D eigenvalue weighted by Crippen LogP contribution is 2.13. The summed E-state index contributed by atoms with van der Waals surface area (Å²) >= 11 is 0. The third-order valence-corrected chi connectivity index (χ3v) is 2.72. The van der Waals surface area contributed by atoms with Crippen LogP contribution in [0.2, 0.25) is 0 Å². The van der Waals surface area contributed by atoms with Gasteiger partial charge in [0.1, 0.15) is 12.4 Å². The molecule has 0 spiro atoms. The molecule has 2 atom stereocenters. The molecule has 3 nitrogen and oxygen atoms in total. The first-order valence-corrected chi connectivity index (χ1v) is 5.78. The van der Waals surface area contributed by atoms with Gasteiger partial charge in [-0.05, 0) is 31.5 Å². The highest BCUT2D eigenvalue weighted by molar-refractivity contribution is 5.27. The molecule has 2 rings (SSSR count). The predicted molar refractivity (Wildman–Crippen MR) is 63.9 cm³/mol. The van der Waals surface area contributed by atoms with Crippen LogP contribution in [0.4, 0.5) is 0 Å². The molecular weight excluding hydrogens is 202 g/mol. The minimum Gasteiger partial charge on any atom is -0.492 e. The molecule has 3 heteroatoms. The molecule has 1 saturated heterocycles. The molecule has 1 aromatic rings. The van der Waals surface area contributed by atoms with Crippen molar-refractivity contribution in [2.75, 3.05) is 19.8 Å². The Labute approximate surface area is 96.8 Å². The molecule has 16 heavy (non-hydrogen) atoms. The zero-order valence-electron chi connectivity index (χ0n) is 9.90. The summed E-state index contributed by atoms with van der Waals surface area (Å²) < 4.78 is 11.3. The SMILES string of the molecule is Cc1cccc(OCC2COC(C)CN2)c1. The molecule has 1 aliphatic rings. The average Bonchev–Trinajstić information content (AvgIpc) is 2.28. The minimum absolute atomic E-state index is 0.303. The Morgan fingerprint density at radius 1 is 1.50 bits per heavy atom. The van der Waals surface area contributed by atoms with E-state index in [9.17, 15) is 0 Å². The fourth-order valence-electron chi connectivity index (χ4n) is 1.74. The molecule has 1 aliphatic heterocycles. The Kier molecular flexibility index (Phi) is 3.80. The smallest absolute Gasteiger partial charge is 0.119 e. The van der Waals surface area contributed by atoms with Crippen LogP contribution >= 0.6 is 0 Å². The van der Waals surface area contributed by atoms with Crippen molar-refractivity contribution in [2.45, 2.75) is 26.0 Å². The van der Waals surface area contributed by atoms with Crippen molar-refractivity contribution in [3.05, 3.63) is 29.8 Å². The van der Waals surface area contributed by atoms with E-state index < -0.39 is 0 Å². The van der Waals surface area contributed by atoms with Crippen LogP contribution in [0.15, 0.2) is 24.3 Å². The molecule has 1 N–H and O–H groups in total. The van der Waals surface area contributed by atoms with Crippen LogP contribution in [0.3, 0.4) is 0 Å². The summed E-state index contributed by atoms with van der Waals surface area (Å²) in [6, 6.07) is 8.41. The minimum atomic E-state index is 0.303. The molecule has 0 radical (unpaired) electrons. The summed E-state index contributed by atoms with van der Waals surface area (Å²) in [7, 11) is 0. The first-order valence-electron chi connectivity index (χ1n) is 5.78. The lowest BCUT2D eigenvalue weighted by molar-refractivity contribution is 0.00456. The summed E-state index contributed by atoms with van der Waals surface area (Å²) in [4.78, 5) is 0. The molecule has 0 aromatic heterocycles. The molecule has 1 aromatic carbocycles. The van der Waals surface area contributed by atoms with Crippen molar-refractivity contribution in [1.82, 2.24) is 5.32 Å². The van der Waals surface area contributed by atoms with Gasteiger partial charge in [-0.1, -0.05) is 12.1 Å². The van der Waals surface area contributed by atoms with Crippen LogP contribution in [0.1, 0.15) is 12.5 Å². The van der Waals surface area contributed by atoms with Crippen molar-refractivity contribution in [2.24, 2.45) is 0 Å². The zero-order chi connectivity index (χ0) is 11.4. The molecular formula is C13H19NO2. The maximum atomic E-state index is 5.72. The second-order valence-corrected chi connectivity index (χ2v) is 4.38. The van der Waals surface area contributed by atoms with E-state index in [4.69, 9.17) is 9.47 Å². The number of hydrogen-bond acceptors (Lipinski definition) is 3. The van der Waals surface area contributed by atoms with Gasteiger partial charge in [0.2, 0.25) is 0 Å². The Balaban J connectivity index is 1.79. The lowest BCUT2D eigenvalue weighted by Gasteiger charge is -2.28. The van der Waals surface area contributed by atoms with E-state index in [-0.39, 0.29) is 0 Å². The average molecular weight is 221 g/mol. The number of ether oxygens (including phenoxy) is 2. The zero-order valence-corrected chi connectivity index (χ0v) is 9.90. The summed E-state index contributed by atoms with van der Waals surface area (Å²) in [5, 5.41) is 3.40. The first kappa shape index (κ1) is 11.4. The fourth-order valence-corrected chi connectivity index (χ4v) is 1.74. The number of nitrogens with one attached hydrogen (secondary N) is 1. The number of hydrogen-bond donors (Lipinski definition) is 1. The standard InChI is InChI=1S/C13H19NO2/c1-10-4-3-5-13(6-10)16-9-12-8-15-11(2)7-14-12/h3-6,11-12,14H,7-9H2,1-2H3. The van der Waals surface area contributed by atoms with Crippen LogP contribution in [-0.2, 0) is 4.74 Å². The second kappa shape index (κ2) is 5.32. The van der Waals surface area contributed by atoms with E-state index >= 15 is 0 Å². The van der Waals surface area contributed by atoms with Gasteiger partial charge in [-0.2, -0.15) is 0 Å². The molecule has 1 heterocycles. The highest BCUT2D eigenvalue weighted by Gasteiger charge is 2.17. The van der Waals surface area contributed by atoms with Gasteiger partial charge >= 0.3 is 0 Å². The van der Waals surface area contributed by atoms with E-state index in [0.29, 0.717) is 18.8 Å². The van der Waals surface area contributed by atoms with E-state index in [2.05, 4.69) is 25.2 Å². The first-order chi connectivity index (χ1) is 7.74. The van der Waals surface area contributed by atoms with E-state index in [1.54, 1.807) is 0 Å². The van der Waals surface area contributed by atoms with Gasteiger partial charge in [0.15, 0.2) is 0 Å². The van der Waals surface area contributed by atoms with Crippen molar-refractivity contribution >= 4 is 0 Å². The summed E-state index contributed by atoms with van der Waals surface area (Å²) in [6.45, 7) is 6.44. The number of rotatable bonds is 3. The van der Waals surface area contributed by atoms with Gasteiger partial charge in [-0.3, -0.25) is 0 Å². The van der Waals surface area contributed by atoms with Gasteiger partial charge in [-0.15, -0.1) is 0 Å². The third kappa shape index (κ3) is 3.22. The third-order valence-electron chi connectivity index (χ3n) is 2.72. The maximum Gasteiger partial charge on any atom is 0.119 e. The molecule has 2 unspecified atom stereocenters. The van der Waals surface area contributed by atoms with Gasteiger partial charge in [0.25, 0.3) is 0 Å². The van der Waals surface area contributed by atoms with Gasteiger partial charge < -0.3 is 14.8 Å². The van der Waals surface area contributed by atoms with Crippen LogP contribution in [0.25, 0.3) is 0 Å². The summed E-state index contributed by atoms with van der Waals surface area (Å²) in [5.74, 6) is 0.931. The summed E-state index contributed by atoms with van der Waals surface area (Å²) in [5.41, 5.74) is 1.22. The van der Waals surface area contributed by atoms with Crippen LogP contribution in [-0.4, -0.2) is 31.9 Å².